The van der Waals surface area contributed by atoms with Gasteiger partial charge in [-0.2, -0.15) is 5.10 Å². The summed E-state index contributed by atoms with van der Waals surface area (Å²) in [6, 6.07) is 11.3. The Labute approximate surface area is 153 Å². The molecule has 0 aliphatic carbocycles. The average molecular weight is 355 g/mol. The largest absolute Gasteiger partial charge is 0.366 e. The number of carbonyl (C=O) groups excluding carboxylic acids is 1. The van der Waals surface area contributed by atoms with Crippen LogP contribution in [0.3, 0.4) is 0 Å². The molecule has 0 bridgehead atoms. The number of aromatic nitrogens is 2. The highest BCUT2D eigenvalue weighted by Crippen LogP contribution is 2.27. The van der Waals surface area contributed by atoms with Crippen molar-refractivity contribution in [2.45, 2.75) is 26.3 Å². The van der Waals surface area contributed by atoms with Gasteiger partial charge in [0.05, 0.1) is 5.69 Å². The van der Waals surface area contributed by atoms with Gasteiger partial charge in [-0.25, -0.2) is 9.89 Å². The first-order valence-corrected chi connectivity index (χ1v) is 8.81. The van der Waals surface area contributed by atoms with E-state index in [0.717, 1.165) is 16.9 Å². The summed E-state index contributed by atoms with van der Waals surface area (Å²) in [6.45, 7) is 8.41. The van der Waals surface area contributed by atoms with Crippen molar-refractivity contribution in [3.05, 3.63) is 46.8 Å². The second kappa shape index (κ2) is 7.19. The van der Waals surface area contributed by atoms with Gasteiger partial charge in [0.2, 0.25) is 0 Å². The number of nitrogens with one attached hydrogen (secondary N) is 2. The maximum absolute atomic E-state index is 12.3. The molecule has 138 valence electrons. The molecule has 2 aromatic rings. The van der Waals surface area contributed by atoms with E-state index < -0.39 is 0 Å². The molecule has 1 aromatic carbocycles. The molecular formula is C19H25N5O2. The molecule has 0 radical (unpaired) electrons. The quantitative estimate of drug-likeness (QED) is 0.864. The number of benzene rings is 1. The zero-order valence-corrected chi connectivity index (χ0v) is 15.5. The molecular weight excluding hydrogens is 330 g/mol. The lowest BCUT2D eigenvalue weighted by Gasteiger charge is -2.37. The van der Waals surface area contributed by atoms with Crippen molar-refractivity contribution in [2.75, 3.05) is 31.1 Å². The highest BCUT2D eigenvalue weighted by atomic mass is 16.2. The van der Waals surface area contributed by atoms with Crippen LogP contribution in [0.25, 0.3) is 11.3 Å². The molecule has 1 saturated heterocycles. The van der Waals surface area contributed by atoms with Crippen molar-refractivity contribution in [1.29, 1.82) is 0 Å². The second-order valence-corrected chi connectivity index (χ2v) is 7.49. The molecule has 1 aliphatic rings. The fourth-order valence-corrected chi connectivity index (χ4v) is 2.99. The molecule has 7 nitrogen and oxygen atoms in total. The van der Waals surface area contributed by atoms with Gasteiger partial charge < -0.3 is 15.1 Å². The molecule has 0 saturated carbocycles. The lowest BCUT2D eigenvalue weighted by atomic mass is 10.1. The number of hydrogen-bond donors (Lipinski definition) is 2. The van der Waals surface area contributed by atoms with Crippen LogP contribution in [0.4, 0.5) is 10.5 Å². The van der Waals surface area contributed by atoms with Gasteiger partial charge in [-0.1, -0.05) is 30.3 Å². The molecule has 26 heavy (non-hydrogen) atoms. The lowest BCUT2D eigenvalue weighted by Crippen LogP contribution is -2.55. The Morgan fingerprint density at radius 2 is 1.77 bits per heavy atom. The standard InChI is InChI=1S/C19H25N5O2/c1-19(2,3)20-18(26)24-11-9-23(10-12-24)15-13-16(25)21-22-17(15)14-7-5-4-6-8-14/h4-8,13H,9-12H2,1-3H3,(H,20,26)(H,21,25). The summed E-state index contributed by atoms with van der Waals surface area (Å²) < 4.78 is 0. The summed E-state index contributed by atoms with van der Waals surface area (Å²) in [5.74, 6) is 0. The normalized spacial score (nSPS) is 15.0. The third-order valence-corrected chi connectivity index (χ3v) is 4.23. The first-order valence-electron chi connectivity index (χ1n) is 8.81. The first-order chi connectivity index (χ1) is 12.3. The molecule has 1 aliphatic heterocycles. The Kier molecular flexibility index (Phi) is 4.97. The summed E-state index contributed by atoms with van der Waals surface area (Å²) in [6.07, 6.45) is 0. The van der Waals surface area contributed by atoms with Gasteiger partial charge in [-0.05, 0) is 20.8 Å². The number of rotatable bonds is 2. The summed E-state index contributed by atoms with van der Waals surface area (Å²) in [7, 11) is 0. The Balaban J connectivity index is 1.77. The van der Waals surface area contributed by atoms with Crippen molar-refractivity contribution in [1.82, 2.24) is 20.4 Å². The summed E-state index contributed by atoms with van der Waals surface area (Å²) in [5, 5.41) is 9.77. The average Bonchev–Trinajstić information content (AvgIpc) is 2.61. The van der Waals surface area contributed by atoms with E-state index in [9.17, 15) is 9.59 Å². The van der Waals surface area contributed by atoms with Crippen LogP contribution in [0.1, 0.15) is 20.8 Å². The van der Waals surface area contributed by atoms with Crippen LogP contribution in [0.5, 0.6) is 0 Å². The van der Waals surface area contributed by atoms with E-state index in [-0.39, 0.29) is 17.1 Å². The highest BCUT2D eigenvalue weighted by molar-refractivity contribution is 5.77. The summed E-state index contributed by atoms with van der Waals surface area (Å²) in [5.41, 5.74) is 2.01. The number of hydrogen-bond acceptors (Lipinski definition) is 4. The Morgan fingerprint density at radius 3 is 2.38 bits per heavy atom. The maximum atomic E-state index is 12.3. The molecule has 2 N–H and O–H groups in total. The van der Waals surface area contributed by atoms with Gasteiger partial charge in [0, 0.05) is 43.3 Å². The number of carbonyl (C=O) groups is 1. The first kappa shape index (κ1) is 18.0. The van der Waals surface area contributed by atoms with Crippen molar-refractivity contribution >= 4 is 11.7 Å². The molecule has 0 spiro atoms. The number of amides is 2. The monoisotopic (exact) mass is 355 g/mol. The Bertz CT molecular complexity index is 818. The van der Waals surface area contributed by atoms with Crippen molar-refractivity contribution in [3.63, 3.8) is 0 Å². The van der Waals surface area contributed by atoms with Crippen molar-refractivity contribution in [2.24, 2.45) is 0 Å². The molecule has 7 heteroatoms. The van der Waals surface area contributed by atoms with Crippen molar-refractivity contribution in [3.8, 4) is 11.3 Å². The number of H-pyrrole nitrogens is 1. The third-order valence-electron chi connectivity index (χ3n) is 4.23. The van der Waals surface area contributed by atoms with Gasteiger partial charge in [-0.3, -0.25) is 4.79 Å². The van der Waals surface area contributed by atoms with E-state index in [1.165, 1.54) is 0 Å². The van der Waals surface area contributed by atoms with E-state index in [0.29, 0.717) is 26.2 Å². The number of piperazine rings is 1. The predicted octanol–water partition coefficient (Wildman–Crippen LogP) is 2.07. The molecule has 1 aromatic heterocycles. The topological polar surface area (TPSA) is 81.3 Å². The van der Waals surface area contributed by atoms with E-state index >= 15 is 0 Å². The molecule has 2 amide bonds. The SMILES string of the molecule is CC(C)(C)NC(=O)N1CCN(c2cc(=O)[nH]nc2-c2ccccc2)CC1. The molecule has 1 fully saturated rings. The minimum atomic E-state index is -0.259. The van der Waals surface area contributed by atoms with Crippen LogP contribution in [-0.4, -0.2) is 52.8 Å². The van der Waals surface area contributed by atoms with Crippen molar-refractivity contribution < 1.29 is 4.79 Å². The van der Waals surface area contributed by atoms with Crippen LogP contribution in [-0.2, 0) is 0 Å². The minimum Gasteiger partial charge on any atom is -0.366 e. The molecule has 0 atom stereocenters. The van der Waals surface area contributed by atoms with Crippen LogP contribution in [0, 0.1) is 0 Å². The zero-order chi connectivity index (χ0) is 18.7. The summed E-state index contributed by atoms with van der Waals surface area (Å²) in [4.78, 5) is 28.1. The van der Waals surface area contributed by atoms with Gasteiger partial charge in [0.15, 0.2) is 0 Å². The van der Waals surface area contributed by atoms with Gasteiger partial charge in [-0.15, -0.1) is 0 Å². The Morgan fingerprint density at radius 1 is 1.12 bits per heavy atom. The highest BCUT2D eigenvalue weighted by Gasteiger charge is 2.25. The maximum Gasteiger partial charge on any atom is 0.317 e. The number of nitrogens with zero attached hydrogens (tertiary/aromatic N) is 3. The third kappa shape index (κ3) is 4.22. The predicted molar refractivity (Wildman–Crippen MR) is 102 cm³/mol. The van der Waals surface area contributed by atoms with Crippen LogP contribution >= 0.6 is 0 Å². The van der Waals surface area contributed by atoms with Crippen LogP contribution < -0.4 is 15.8 Å². The van der Waals surface area contributed by atoms with Crippen LogP contribution in [0.2, 0.25) is 0 Å². The minimum absolute atomic E-state index is 0.0514. The van der Waals surface area contributed by atoms with E-state index in [1.54, 1.807) is 6.07 Å². The molecule has 0 unspecified atom stereocenters. The fourth-order valence-electron chi connectivity index (χ4n) is 2.99. The van der Waals surface area contributed by atoms with Gasteiger partial charge in [0.1, 0.15) is 5.69 Å². The van der Waals surface area contributed by atoms with E-state index in [2.05, 4.69) is 20.4 Å². The number of aromatic amines is 1. The second-order valence-electron chi connectivity index (χ2n) is 7.49. The van der Waals surface area contributed by atoms with Gasteiger partial charge in [0.25, 0.3) is 5.56 Å². The van der Waals surface area contributed by atoms with Gasteiger partial charge >= 0.3 is 6.03 Å². The fraction of sp³-hybridized carbons (Fsp3) is 0.421. The molecule has 3 rings (SSSR count). The summed E-state index contributed by atoms with van der Waals surface area (Å²) >= 11 is 0. The Hall–Kier alpha value is -2.83. The lowest BCUT2D eigenvalue weighted by molar-refractivity contribution is 0.185. The van der Waals surface area contributed by atoms with E-state index in [1.807, 2.05) is 56.0 Å². The number of anilines is 1. The van der Waals surface area contributed by atoms with E-state index in [4.69, 9.17) is 0 Å². The molecule has 2 heterocycles. The number of urea groups is 1. The van der Waals surface area contributed by atoms with Crippen LogP contribution in [0.15, 0.2) is 41.2 Å². The smallest absolute Gasteiger partial charge is 0.317 e. The zero-order valence-electron chi connectivity index (χ0n) is 15.5.